The van der Waals surface area contributed by atoms with E-state index in [4.69, 9.17) is 4.74 Å². The summed E-state index contributed by atoms with van der Waals surface area (Å²) in [5, 5.41) is 9.20. The van der Waals surface area contributed by atoms with Crippen LogP contribution >= 0.6 is 0 Å². The number of nitrogens with zero attached hydrogens (tertiary/aromatic N) is 3. The van der Waals surface area contributed by atoms with Gasteiger partial charge in [-0.3, -0.25) is 9.80 Å². The van der Waals surface area contributed by atoms with Gasteiger partial charge >= 0.3 is 0 Å². The lowest BCUT2D eigenvalue weighted by atomic mass is 9.87. The van der Waals surface area contributed by atoms with E-state index in [9.17, 15) is 5.11 Å². The molecule has 2 N–H and O–H groups in total. The van der Waals surface area contributed by atoms with Crippen molar-refractivity contribution in [2.75, 3.05) is 46.0 Å². The van der Waals surface area contributed by atoms with Crippen molar-refractivity contribution in [1.29, 1.82) is 0 Å². The summed E-state index contributed by atoms with van der Waals surface area (Å²) in [5.74, 6) is 1.68. The number of imidazole rings is 1. The molecule has 6 heteroatoms. The quantitative estimate of drug-likeness (QED) is 0.810. The molecular formula is C16H28N4O2. The third-order valence-corrected chi connectivity index (χ3v) is 4.95. The number of rotatable bonds is 6. The maximum absolute atomic E-state index is 9.20. The Hall–Kier alpha value is -0.950. The zero-order valence-electron chi connectivity index (χ0n) is 13.3. The van der Waals surface area contributed by atoms with Gasteiger partial charge in [0.25, 0.3) is 0 Å². The number of H-pyrrole nitrogens is 1. The van der Waals surface area contributed by atoms with E-state index in [2.05, 4.69) is 19.8 Å². The summed E-state index contributed by atoms with van der Waals surface area (Å²) in [4.78, 5) is 12.6. The first-order chi connectivity index (χ1) is 10.9. The molecule has 0 aromatic carbocycles. The number of hydrogen-bond donors (Lipinski definition) is 2. The Morgan fingerprint density at radius 2 is 2.18 bits per heavy atom. The zero-order valence-corrected chi connectivity index (χ0v) is 13.3. The smallest absolute Gasteiger partial charge is 0.120 e. The Morgan fingerprint density at radius 3 is 2.91 bits per heavy atom. The first kappa shape index (κ1) is 15.9. The molecule has 0 radical (unpaired) electrons. The lowest BCUT2D eigenvalue weighted by Gasteiger charge is -2.45. The topological polar surface area (TPSA) is 64.6 Å². The second kappa shape index (κ2) is 8.06. The monoisotopic (exact) mass is 308 g/mol. The highest BCUT2D eigenvalue weighted by molar-refractivity contribution is 4.92. The maximum Gasteiger partial charge on any atom is 0.120 e. The van der Waals surface area contributed by atoms with E-state index in [-0.39, 0.29) is 0 Å². The fourth-order valence-electron chi connectivity index (χ4n) is 3.86. The number of morpholine rings is 1. The Morgan fingerprint density at radius 1 is 1.32 bits per heavy atom. The average molecular weight is 308 g/mol. The van der Waals surface area contributed by atoms with Gasteiger partial charge in [0.15, 0.2) is 0 Å². The Balaban J connectivity index is 1.59. The van der Waals surface area contributed by atoms with E-state index in [1.165, 1.54) is 6.42 Å². The largest absolute Gasteiger partial charge is 0.396 e. The van der Waals surface area contributed by atoms with Gasteiger partial charge in [-0.05, 0) is 25.2 Å². The number of aromatic amines is 1. The summed E-state index contributed by atoms with van der Waals surface area (Å²) in [5.41, 5.74) is 0. The third-order valence-electron chi connectivity index (χ3n) is 4.95. The van der Waals surface area contributed by atoms with Gasteiger partial charge in [0.2, 0.25) is 0 Å². The number of ether oxygens (including phenoxy) is 1. The number of aromatic nitrogens is 2. The van der Waals surface area contributed by atoms with Gasteiger partial charge in [-0.15, -0.1) is 0 Å². The first-order valence-corrected chi connectivity index (χ1v) is 8.50. The second-order valence-electron chi connectivity index (χ2n) is 6.40. The van der Waals surface area contributed by atoms with Crippen molar-refractivity contribution in [3.63, 3.8) is 0 Å². The molecule has 2 atom stereocenters. The van der Waals surface area contributed by atoms with E-state index in [1.807, 2.05) is 12.4 Å². The normalized spacial score (nSPS) is 28.0. The average Bonchev–Trinajstić information content (AvgIpc) is 3.07. The molecule has 1 aromatic heterocycles. The molecule has 0 bridgehead atoms. The molecule has 22 heavy (non-hydrogen) atoms. The number of aliphatic hydroxyl groups excluding tert-OH is 1. The van der Waals surface area contributed by atoms with Crippen LogP contribution in [0.15, 0.2) is 12.4 Å². The van der Waals surface area contributed by atoms with Gasteiger partial charge in [0.1, 0.15) is 5.82 Å². The Labute approximate surface area is 132 Å². The molecule has 3 heterocycles. The minimum absolute atomic E-state index is 0.296. The molecule has 2 aliphatic heterocycles. The van der Waals surface area contributed by atoms with E-state index >= 15 is 0 Å². The van der Waals surface area contributed by atoms with Crippen LogP contribution in [0.5, 0.6) is 0 Å². The summed E-state index contributed by atoms with van der Waals surface area (Å²) in [7, 11) is 0. The van der Waals surface area contributed by atoms with Crippen LogP contribution < -0.4 is 0 Å². The van der Waals surface area contributed by atoms with E-state index in [0.29, 0.717) is 18.6 Å². The third kappa shape index (κ3) is 4.07. The van der Waals surface area contributed by atoms with Crippen molar-refractivity contribution in [3.8, 4) is 0 Å². The van der Waals surface area contributed by atoms with Crippen molar-refractivity contribution >= 4 is 0 Å². The van der Waals surface area contributed by atoms with Gasteiger partial charge < -0.3 is 14.8 Å². The summed E-state index contributed by atoms with van der Waals surface area (Å²) in [6.45, 7) is 7.25. The number of hydrogen-bond acceptors (Lipinski definition) is 5. The lowest BCUT2D eigenvalue weighted by Crippen LogP contribution is -2.53. The minimum Gasteiger partial charge on any atom is -0.396 e. The number of aliphatic hydroxyl groups is 1. The molecule has 3 rings (SSSR count). The fourth-order valence-corrected chi connectivity index (χ4v) is 3.86. The van der Waals surface area contributed by atoms with Crippen LogP contribution in [0.3, 0.4) is 0 Å². The molecule has 0 amide bonds. The molecule has 0 aliphatic carbocycles. The van der Waals surface area contributed by atoms with Gasteiger partial charge in [-0.25, -0.2) is 4.98 Å². The molecule has 0 unspecified atom stereocenters. The molecule has 2 aliphatic rings. The van der Waals surface area contributed by atoms with E-state index in [1.54, 1.807) is 0 Å². The zero-order chi connectivity index (χ0) is 15.2. The molecule has 6 nitrogen and oxygen atoms in total. The number of nitrogens with one attached hydrogen (secondary N) is 1. The minimum atomic E-state index is 0.296. The maximum atomic E-state index is 9.20. The Kier molecular flexibility index (Phi) is 5.83. The SMILES string of the molecule is OCCC[C@@H]1CN(Cc2ncc[nH]2)CC[C@@H]1N1CCOCC1. The van der Waals surface area contributed by atoms with Gasteiger partial charge in [-0.2, -0.15) is 0 Å². The van der Waals surface area contributed by atoms with E-state index in [0.717, 1.165) is 64.6 Å². The van der Waals surface area contributed by atoms with Crippen LogP contribution in [0.1, 0.15) is 25.1 Å². The predicted molar refractivity (Wildman–Crippen MR) is 84.5 cm³/mol. The van der Waals surface area contributed by atoms with Crippen molar-refractivity contribution < 1.29 is 9.84 Å². The summed E-state index contributed by atoms with van der Waals surface area (Å²) >= 11 is 0. The van der Waals surface area contributed by atoms with Crippen molar-refractivity contribution in [2.24, 2.45) is 5.92 Å². The highest BCUT2D eigenvalue weighted by atomic mass is 16.5. The van der Waals surface area contributed by atoms with Gasteiger partial charge in [0.05, 0.1) is 19.8 Å². The Bertz CT molecular complexity index is 420. The second-order valence-corrected chi connectivity index (χ2v) is 6.40. The van der Waals surface area contributed by atoms with Crippen LogP contribution in [0.25, 0.3) is 0 Å². The van der Waals surface area contributed by atoms with Crippen LogP contribution in [-0.4, -0.2) is 76.9 Å². The fraction of sp³-hybridized carbons (Fsp3) is 0.812. The van der Waals surface area contributed by atoms with Crippen molar-refractivity contribution in [3.05, 3.63) is 18.2 Å². The van der Waals surface area contributed by atoms with Crippen LogP contribution in [0, 0.1) is 5.92 Å². The van der Waals surface area contributed by atoms with Gasteiger partial charge in [0, 0.05) is 51.2 Å². The van der Waals surface area contributed by atoms with Crippen molar-refractivity contribution in [1.82, 2.24) is 19.8 Å². The highest BCUT2D eigenvalue weighted by Gasteiger charge is 2.33. The van der Waals surface area contributed by atoms with Gasteiger partial charge in [-0.1, -0.05) is 0 Å². The lowest BCUT2D eigenvalue weighted by molar-refractivity contribution is -0.0234. The van der Waals surface area contributed by atoms with E-state index < -0.39 is 0 Å². The first-order valence-electron chi connectivity index (χ1n) is 8.50. The van der Waals surface area contributed by atoms with Crippen LogP contribution in [0.2, 0.25) is 0 Å². The molecule has 2 saturated heterocycles. The number of piperidine rings is 1. The molecule has 1 aromatic rings. The molecule has 124 valence electrons. The van der Waals surface area contributed by atoms with Crippen molar-refractivity contribution in [2.45, 2.75) is 31.8 Å². The molecular weight excluding hydrogens is 280 g/mol. The predicted octanol–water partition coefficient (Wildman–Crippen LogP) is 0.705. The summed E-state index contributed by atoms with van der Waals surface area (Å²) in [6, 6.07) is 0.642. The standard InChI is InChI=1S/C16H28N4O2/c21-9-1-2-14-12-19(13-16-17-4-5-18-16)6-3-15(14)20-7-10-22-11-8-20/h4-5,14-15,21H,1-3,6-13H2,(H,17,18)/t14-,15+/m1/s1. The molecule has 0 saturated carbocycles. The number of likely N-dealkylation sites (tertiary alicyclic amines) is 1. The summed E-state index contributed by atoms with van der Waals surface area (Å²) in [6.07, 6.45) is 6.92. The highest BCUT2D eigenvalue weighted by Crippen LogP contribution is 2.27. The van der Waals surface area contributed by atoms with Crippen LogP contribution in [-0.2, 0) is 11.3 Å². The molecule has 0 spiro atoms. The summed E-state index contributed by atoms with van der Waals surface area (Å²) < 4.78 is 5.49. The molecule has 2 fully saturated rings. The van der Waals surface area contributed by atoms with Crippen LogP contribution in [0.4, 0.5) is 0 Å².